The molecule has 2 aliphatic rings. The van der Waals surface area contributed by atoms with E-state index in [0.717, 1.165) is 13.0 Å². The molecule has 4 atom stereocenters. The van der Waals surface area contributed by atoms with Crippen LogP contribution in [0.5, 0.6) is 0 Å². The maximum Gasteiger partial charge on any atom is 0.320 e. The minimum absolute atomic E-state index is 0.0228. The van der Waals surface area contributed by atoms with Crippen LogP contribution in [-0.4, -0.2) is 52.6 Å². The lowest BCUT2D eigenvalue weighted by atomic mass is 9.92. The first-order valence-corrected chi connectivity index (χ1v) is 7.20. The third-order valence-corrected chi connectivity index (χ3v) is 4.82. The number of nitrogens with zero attached hydrogens (tertiary/aromatic N) is 2. The van der Waals surface area contributed by atoms with E-state index in [9.17, 15) is 9.59 Å². The fourth-order valence-electron chi connectivity index (χ4n) is 3.23. The van der Waals surface area contributed by atoms with Gasteiger partial charge in [-0.1, -0.05) is 13.8 Å². The zero-order valence-electron chi connectivity index (χ0n) is 12.0. The zero-order valence-corrected chi connectivity index (χ0v) is 12.0. The van der Waals surface area contributed by atoms with Gasteiger partial charge in [0.25, 0.3) is 0 Å². The lowest BCUT2D eigenvalue weighted by Crippen LogP contribution is -2.51. The van der Waals surface area contributed by atoms with Gasteiger partial charge in [-0.2, -0.15) is 0 Å². The Morgan fingerprint density at radius 3 is 2.37 bits per heavy atom. The number of urea groups is 1. The maximum atomic E-state index is 12.5. The van der Waals surface area contributed by atoms with E-state index >= 15 is 0 Å². The highest BCUT2D eigenvalue weighted by Crippen LogP contribution is 2.28. The second-order valence-corrected chi connectivity index (χ2v) is 6.16. The lowest BCUT2D eigenvalue weighted by molar-refractivity contribution is -0.142. The van der Waals surface area contributed by atoms with Crippen LogP contribution in [0.3, 0.4) is 0 Å². The molecule has 0 radical (unpaired) electrons. The summed E-state index contributed by atoms with van der Waals surface area (Å²) in [6.45, 7) is 7.90. The van der Waals surface area contributed by atoms with Gasteiger partial charge in [0.2, 0.25) is 0 Å². The van der Waals surface area contributed by atoms with E-state index in [-0.39, 0.29) is 18.0 Å². The molecule has 5 heteroatoms. The predicted molar refractivity (Wildman–Crippen MR) is 71.8 cm³/mol. The third kappa shape index (κ3) is 2.69. The van der Waals surface area contributed by atoms with E-state index in [0.29, 0.717) is 19.0 Å². The van der Waals surface area contributed by atoms with Crippen LogP contribution < -0.4 is 0 Å². The highest BCUT2D eigenvalue weighted by atomic mass is 16.4. The number of hydrogen-bond donors (Lipinski definition) is 1. The molecule has 0 aromatic rings. The maximum absolute atomic E-state index is 12.5. The summed E-state index contributed by atoms with van der Waals surface area (Å²) in [7, 11) is 0. The van der Waals surface area contributed by atoms with Gasteiger partial charge in [0.05, 0.1) is 5.92 Å². The molecule has 2 unspecified atom stereocenters. The summed E-state index contributed by atoms with van der Waals surface area (Å²) in [5, 5.41) is 9.14. The molecular weight excluding hydrogens is 244 g/mol. The normalized spacial score (nSPS) is 35.5. The van der Waals surface area contributed by atoms with Crippen molar-refractivity contribution in [3.05, 3.63) is 0 Å². The first kappa shape index (κ1) is 14.2. The van der Waals surface area contributed by atoms with Crippen LogP contribution in [0, 0.1) is 17.8 Å². The van der Waals surface area contributed by atoms with Gasteiger partial charge in [-0.05, 0) is 31.6 Å². The van der Waals surface area contributed by atoms with Crippen molar-refractivity contribution in [1.82, 2.24) is 9.80 Å². The van der Waals surface area contributed by atoms with E-state index in [1.165, 1.54) is 6.42 Å². The Labute approximate surface area is 114 Å². The molecule has 108 valence electrons. The van der Waals surface area contributed by atoms with Crippen molar-refractivity contribution < 1.29 is 14.7 Å². The van der Waals surface area contributed by atoms with Gasteiger partial charge < -0.3 is 14.9 Å². The van der Waals surface area contributed by atoms with Crippen molar-refractivity contribution in [3.63, 3.8) is 0 Å². The summed E-state index contributed by atoms with van der Waals surface area (Å²) in [6.07, 6.45) is 2.21. The lowest BCUT2D eigenvalue weighted by Gasteiger charge is -2.39. The number of likely N-dealkylation sites (tertiary alicyclic amines) is 2. The molecule has 0 aromatic carbocycles. The van der Waals surface area contributed by atoms with Crippen LogP contribution in [0.25, 0.3) is 0 Å². The molecule has 0 saturated carbocycles. The average Bonchev–Trinajstić information content (AvgIpc) is 2.74. The van der Waals surface area contributed by atoms with Crippen LogP contribution in [0.4, 0.5) is 4.79 Å². The Hall–Kier alpha value is -1.26. The standard InChI is InChI=1S/C14H24N2O3/c1-9-5-4-6-16(11(9)3)14(19)15-7-10(2)12(8-15)13(17)18/h9-12H,4-8H2,1-3H3,(H,17,18)/t9?,10-,11?,12-/m1/s1. The average molecular weight is 268 g/mol. The quantitative estimate of drug-likeness (QED) is 0.790. The third-order valence-electron chi connectivity index (χ3n) is 4.82. The second-order valence-electron chi connectivity index (χ2n) is 6.16. The van der Waals surface area contributed by atoms with Crippen molar-refractivity contribution in [2.45, 2.75) is 39.7 Å². The van der Waals surface area contributed by atoms with Crippen molar-refractivity contribution in [1.29, 1.82) is 0 Å². The van der Waals surface area contributed by atoms with E-state index in [1.807, 2.05) is 11.8 Å². The first-order valence-electron chi connectivity index (χ1n) is 7.20. The molecule has 2 aliphatic heterocycles. The summed E-state index contributed by atoms with van der Waals surface area (Å²) in [5.41, 5.74) is 0. The van der Waals surface area contributed by atoms with E-state index in [4.69, 9.17) is 5.11 Å². The number of aliphatic carboxylic acids is 1. The monoisotopic (exact) mass is 268 g/mol. The number of hydrogen-bond acceptors (Lipinski definition) is 2. The Bertz CT molecular complexity index is 372. The molecule has 5 nitrogen and oxygen atoms in total. The largest absolute Gasteiger partial charge is 0.481 e. The Kier molecular flexibility index (Phi) is 4.02. The molecule has 1 N–H and O–H groups in total. The minimum Gasteiger partial charge on any atom is -0.481 e. The molecule has 0 spiro atoms. The fraction of sp³-hybridized carbons (Fsp3) is 0.857. The molecule has 0 aromatic heterocycles. The molecule has 2 heterocycles. The Balaban J connectivity index is 2.02. The predicted octanol–water partition coefficient (Wildman–Crippen LogP) is 1.88. The van der Waals surface area contributed by atoms with E-state index in [1.54, 1.807) is 4.90 Å². The van der Waals surface area contributed by atoms with Gasteiger partial charge in [0.1, 0.15) is 0 Å². The number of carbonyl (C=O) groups excluding carboxylic acids is 1. The van der Waals surface area contributed by atoms with Crippen LogP contribution in [0.1, 0.15) is 33.6 Å². The first-order chi connectivity index (χ1) is 8.91. The highest BCUT2D eigenvalue weighted by molar-refractivity contribution is 5.78. The number of piperidine rings is 1. The van der Waals surface area contributed by atoms with Crippen molar-refractivity contribution in [3.8, 4) is 0 Å². The summed E-state index contributed by atoms with van der Waals surface area (Å²) in [5.74, 6) is -0.642. The van der Waals surface area contributed by atoms with Gasteiger partial charge >= 0.3 is 12.0 Å². The second kappa shape index (κ2) is 5.39. The highest BCUT2D eigenvalue weighted by Gasteiger charge is 2.40. The van der Waals surface area contributed by atoms with Crippen LogP contribution in [-0.2, 0) is 4.79 Å². The van der Waals surface area contributed by atoms with Gasteiger partial charge in [-0.3, -0.25) is 4.79 Å². The molecule has 0 aliphatic carbocycles. The van der Waals surface area contributed by atoms with Crippen LogP contribution in [0.15, 0.2) is 0 Å². The van der Waals surface area contributed by atoms with Crippen molar-refractivity contribution in [2.75, 3.05) is 19.6 Å². The van der Waals surface area contributed by atoms with Gasteiger partial charge in [-0.25, -0.2) is 4.79 Å². The van der Waals surface area contributed by atoms with Gasteiger partial charge in [0.15, 0.2) is 0 Å². The Morgan fingerprint density at radius 1 is 1.11 bits per heavy atom. The Morgan fingerprint density at radius 2 is 1.79 bits per heavy atom. The van der Waals surface area contributed by atoms with Crippen LogP contribution >= 0.6 is 0 Å². The number of carbonyl (C=O) groups is 2. The zero-order chi connectivity index (χ0) is 14.2. The number of carboxylic acids is 1. The molecule has 2 fully saturated rings. The SMILES string of the molecule is CC1CCCN(C(=O)N2C[C@@H](C)[C@H](C(=O)O)C2)C1C. The smallest absolute Gasteiger partial charge is 0.320 e. The summed E-state index contributed by atoms with van der Waals surface area (Å²) < 4.78 is 0. The summed E-state index contributed by atoms with van der Waals surface area (Å²) in [6, 6.07) is 0.273. The van der Waals surface area contributed by atoms with Crippen molar-refractivity contribution in [2.24, 2.45) is 17.8 Å². The van der Waals surface area contributed by atoms with E-state index in [2.05, 4.69) is 13.8 Å². The van der Waals surface area contributed by atoms with Gasteiger partial charge in [0, 0.05) is 25.7 Å². The summed E-state index contributed by atoms with van der Waals surface area (Å²) in [4.78, 5) is 27.3. The molecular formula is C14H24N2O3. The molecule has 2 saturated heterocycles. The molecule has 2 amide bonds. The number of amides is 2. The number of rotatable bonds is 1. The number of carboxylic acid groups (broad SMARTS) is 1. The summed E-state index contributed by atoms with van der Waals surface area (Å²) >= 11 is 0. The van der Waals surface area contributed by atoms with E-state index < -0.39 is 11.9 Å². The molecule has 0 bridgehead atoms. The molecule has 2 rings (SSSR count). The molecule has 19 heavy (non-hydrogen) atoms. The van der Waals surface area contributed by atoms with Crippen molar-refractivity contribution >= 4 is 12.0 Å². The fourth-order valence-corrected chi connectivity index (χ4v) is 3.23. The topological polar surface area (TPSA) is 60.9 Å². The minimum atomic E-state index is -0.789. The van der Waals surface area contributed by atoms with Gasteiger partial charge in [-0.15, -0.1) is 0 Å². The van der Waals surface area contributed by atoms with Crippen LogP contribution in [0.2, 0.25) is 0 Å².